The fourth-order valence-electron chi connectivity index (χ4n) is 3.00. The largest absolute Gasteiger partial charge is 0.355 e. The van der Waals surface area contributed by atoms with Crippen LogP contribution in [0.1, 0.15) is 44.6 Å². The molecule has 1 aromatic rings. The van der Waals surface area contributed by atoms with E-state index >= 15 is 0 Å². The third-order valence-electron chi connectivity index (χ3n) is 4.43. The van der Waals surface area contributed by atoms with E-state index < -0.39 is 5.54 Å². The van der Waals surface area contributed by atoms with Crippen LogP contribution < -0.4 is 16.4 Å². The lowest BCUT2D eigenvalue weighted by Gasteiger charge is -2.37. The topological polar surface area (TPSA) is 97.1 Å². The van der Waals surface area contributed by atoms with E-state index in [1.54, 1.807) is 12.4 Å². The highest BCUT2D eigenvalue weighted by Gasteiger charge is 2.37. The van der Waals surface area contributed by atoms with E-state index in [0.717, 1.165) is 31.2 Å². The molecule has 1 saturated carbocycles. The van der Waals surface area contributed by atoms with E-state index in [4.69, 9.17) is 5.73 Å². The van der Waals surface area contributed by atoms with Crippen molar-refractivity contribution in [1.29, 1.82) is 0 Å². The Labute approximate surface area is 137 Å². The zero-order valence-electron chi connectivity index (χ0n) is 13.7. The van der Waals surface area contributed by atoms with Crippen molar-refractivity contribution in [3.63, 3.8) is 0 Å². The Morgan fingerprint density at radius 3 is 2.91 bits per heavy atom. The van der Waals surface area contributed by atoms with Crippen LogP contribution in [0.5, 0.6) is 0 Å². The fourth-order valence-corrected chi connectivity index (χ4v) is 3.00. The summed E-state index contributed by atoms with van der Waals surface area (Å²) in [5, 5.41) is 5.66. The van der Waals surface area contributed by atoms with E-state index in [9.17, 15) is 9.59 Å². The van der Waals surface area contributed by atoms with E-state index in [0.29, 0.717) is 13.1 Å². The predicted octanol–water partition coefficient (Wildman–Crippen LogP) is 1.11. The molecule has 1 fully saturated rings. The molecule has 0 bridgehead atoms. The molecule has 1 aliphatic rings. The van der Waals surface area contributed by atoms with Gasteiger partial charge in [0.25, 0.3) is 0 Å². The number of carbonyl (C=O) groups excluding carboxylic acids is 2. The Hall–Kier alpha value is -1.95. The number of aromatic nitrogens is 1. The zero-order chi connectivity index (χ0) is 16.7. The Bertz CT molecular complexity index is 531. The first kappa shape index (κ1) is 17.4. The Morgan fingerprint density at radius 2 is 2.22 bits per heavy atom. The van der Waals surface area contributed by atoms with Crippen LogP contribution in [-0.2, 0) is 16.1 Å². The minimum absolute atomic E-state index is 0.0326. The van der Waals surface area contributed by atoms with Crippen molar-refractivity contribution in [2.45, 2.75) is 51.1 Å². The van der Waals surface area contributed by atoms with Crippen LogP contribution in [0, 0.1) is 5.92 Å². The molecular formula is C17H26N4O2. The molecule has 2 atom stereocenters. The van der Waals surface area contributed by atoms with Gasteiger partial charge in [0.05, 0.1) is 5.92 Å². The van der Waals surface area contributed by atoms with Crippen molar-refractivity contribution in [3.8, 4) is 0 Å². The summed E-state index contributed by atoms with van der Waals surface area (Å²) in [4.78, 5) is 28.0. The number of pyridine rings is 1. The van der Waals surface area contributed by atoms with Crippen molar-refractivity contribution in [1.82, 2.24) is 15.6 Å². The van der Waals surface area contributed by atoms with Gasteiger partial charge in [-0.05, 0) is 31.4 Å². The van der Waals surface area contributed by atoms with E-state index in [1.165, 1.54) is 0 Å². The fraction of sp³-hybridized carbons (Fsp3) is 0.588. The van der Waals surface area contributed by atoms with Crippen molar-refractivity contribution in [2.75, 3.05) is 6.54 Å². The second-order valence-corrected chi connectivity index (χ2v) is 6.48. The van der Waals surface area contributed by atoms with Crippen molar-refractivity contribution in [2.24, 2.45) is 11.7 Å². The maximum Gasteiger partial charge on any atom is 0.224 e. The monoisotopic (exact) mass is 318 g/mol. The number of hydrogen-bond acceptors (Lipinski definition) is 4. The molecule has 1 aromatic heterocycles. The van der Waals surface area contributed by atoms with Crippen LogP contribution in [0.15, 0.2) is 24.5 Å². The van der Waals surface area contributed by atoms with Crippen LogP contribution >= 0.6 is 0 Å². The molecule has 0 spiro atoms. The number of carbonyl (C=O) groups is 2. The molecule has 2 rings (SSSR count). The maximum atomic E-state index is 12.2. The van der Waals surface area contributed by atoms with Crippen LogP contribution in [-0.4, -0.2) is 28.9 Å². The maximum absolute atomic E-state index is 12.2. The number of rotatable bonds is 6. The lowest BCUT2D eigenvalue weighted by Crippen LogP contribution is -2.53. The first-order valence-electron chi connectivity index (χ1n) is 8.21. The molecule has 2 unspecified atom stereocenters. The molecule has 2 amide bonds. The summed E-state index contributed by atoms with van der Waals surface area (Å²) in [6.07, 6.45) is 7.48. The molecule has 0 radical (unpaired) electrons. The zero-order valence-corrected chi connectivity index (χ0v) is 13.7. The van der Waals surface area contributed by atoms with E-state index in [-0.39, 0.29) is 24.2 Å². The van der Waals surface area contributed by atoms with Gasteiger partial charge < -0.3 is 16.4 Å². The van der Waals surface area contributed by atoms with Crippen molar-refractivity contribution >= 4 is 11.8 Å². The van der Waals surface area contributed by atoms with E-state index in [2.05, 4.69) is 15.6 Å². The molecule has 1 aliphatic carbocycles. The smallest absolute Gasteiger partial charge is 0.224 e. The van der Waals surface area contributed by atoms with Gasteiger partial charge in [-0.2, -0.15) is 0 Å². The molecular weight excluding hydrogens is 292 g/mol. The highest BCUT2D eigenvalue weighted by molar-refractivity contribution is 5.81. The summed E-state index contributed by atoms with van der Waals surface area (Å²) >= 11 is 0. The molecule has 0 saturated heterocycles. The predicted molar refractivity (Wildman–Crippen MR) is 88.3 cm³/mol. The second kappa shape index (κ2) is 8.06. The molecule has 1 heterocycles. The van der Waals surface area contributed by atoms with Gasteiger partial charge in [-0.15, -0.1) is 0 Å². The van der Waals surface area contributed by atoms with Gasteiger partial charge in [0.1, 0.15) is 0 Å². The highest BCUT2D eigenvalue weighted by atomic mass is 16.2. The highest BCUT2D eigenvalue weighted by Crippen LogP contribution is 2.31. The van der Waals surface area contributed by atoms with Crippen LogP contribution in [0.3, 0.4) is 0 Å². The minimum Gasteiger partial charge on any atom is -0.355 e. The molecule has 0 aliphatic heterocycles. The summed E-state index contributed by atoms with van der Waals surface area (Å²) in [7, 11) is 0. The third-order valence-corrected chi connectivity index (χ3v) is 4.43. The van der Waals surface area contributed by atoms with Gasteiger partial charge in [0.2, 0.25) is 11.8 Å². The molecule has 0 aromatic carbocycles. The number of hydrogen-bond donors (Lipinski definition) is 3. The standard InChI is InChI=1S/C17H26N4O2/c1-17(18)8-3-2-6-14(17)16(23)20-10-7-15(22)21-12-13-5-4-9-19-11-13/h4-5,9,11,14H,2-3,6-8,10,12,18H2,1H3,(H,20,23)(H,21,22). The molecule has 4 N–H and O–H groups in total. The third kappa shape index (κ3) is 5.32. The first-order valence-corrected chi connectivity index (χ1v) is 8.21. The van der Waals surface area contributed by atoms with Crippen molar-refractivity contribution in [3.05, 3.63) is 30.1 Å². The average Bonchev–Trinajstić information content (AvgIpc) is 2.53. The number of nitrogens with one attached hydrogen (secondary N) is 2. The Balaban J connectivity index is 1.67. The minimum atomic E-state index is -0.440. The first-order chi connectivity index (χ1) is 11.0. The van der Waals surface area contributed by atoms with Gasteiger partial charge in [-0.25, -0.2) is 0 Å². The lowest BCUT2D eigenvalue weighted by molar-refractivity contribution is -0.128. The summed E-state index contributed by atoms with van der Waals surface area (Å²) < 4.78 is 0. The number of nitrogens with two attached hydrogens (primary N) is 1. The number of amides is 2. The Kier molecular flexibility index (Phi) is 6.10. The van der Waals surface area contributed by atoms with Gasteiger partial charge in [-0.1, -0.05) is 18.9 Å². The summed E-state index contributed by atoms with van der Waals surface area (Å²) in [5.41, 5.74) is 6.73. The van der Waals surface area contributed by atoms with Crippen LogP contribution in [0.25, 0.3) is 0 Å². The quantitative estimate of drug-likeness (QED) is 0.732. The summed E-state index contributed by atoms with van der Waals surface area (Å²) in [6, 6.07) is 3.73. The van der Waals surface area contributed by atoms with Gasteiger partial charge >= 0.3 is 0 Å². The molecule has 126 valence electrons. The number of nitrogens with zero attached hydrogens (tertiary/aromatic N) is 1. The van der Waals surface area contributed by atoms with Crippen LogP contribution in [0.4, 0.5) is 0 Å². The normalized spacial score (nSPS) is 24.0. The SMILES string of the molecule is CC1(N)CCCCC1C(=O)NCCC(=O)NCc1cccnc1. The van der Waals surface area contributed by atoms with Crippen molar-refractivity contribution < 1.29 is 9.59 Å². The summed E-state index contributed by atoms with van der Waals surface area (Å²) in [5.74, 6) is -0.280. The second-order valence-electron chi connectivity index (χ2n) is 6.48. The average molecular weight is 318 g/mol. The van der Waals surface area contributed by atoms with E-state index in [1.807, 2.05) is 19.1 Å². The molecule has 23 heavy (non-hydrogen) atoms. The molecule has 6 nitrogen and oxygen atoms in total. The lowest BCUT2D eigenvalue weighted by atomic mass is 9.74. The van der Waals surface area contributed by atoms with Gasteiger partial charge in [0.15, 0.2) is 0 Å². The van der Waals surface area contributed by atoms with Gasteiger partial charge in [0, 0.05) is 37.4 Å². The Morgan fingerprint density at radius 1 is 1.39 bits per heavy atom. The summed E-state index contributed by atoms with van der Waals surface area (Å²) in [6.45, 7) is 2.73. The molecule has 6 heteroatoms. The van der Waals surface area contributed by atoms with Crippen LogP contribution in [0.2, 0.25) is 0 Å². The van der Waals surface area contributed by atoms with Gasteiger partial charge in [-0.3, -0.25) is 14.6 Å².